The lowest BCUT2D eigenvalue weighted by Gasteiger charge is -2.19. The minimum absolute atomic E-state index is 0.00445. The Kier molecular flexibility index (Phi) is 4.10. The molecule has 0 spiro atoms. The van der Waals surface area contributed by atoms with E-state index >= 15 is 0 Å². The van der Waals surface area contributed by atoms with Crippen LogP contribution in [0.25, 0.3) is 10.9 Å². The maximum absolute atomic E-state index is 12.5. The number of benzene rings is 1. The number of aromatic amines is 1. The van der Waals surface area contributed by atoms with E-state index in [1.165, 1.54) is 0 Å². The van der Waals surface area contributed by atoms with Crippen LogP contribution in [-0.4, -0.2) is 38.9 Å². The number of nitrogens with one attached hydrogen (secondary N) is 2. The van der Waals surface area contributed by atoms with Crippen molar-refractivity contribution >= 4 is 10.9 Å². The molecule has 1 fully saturated rings. The number of aromatic nitrogens is 4. The van der Waals surface area contributed by atoms with Crippen molar-refractivity contribution in [1.29, 1.82) is 0 Å². The van der Waals surface area contributed by atoms with Gasteiger partial charge in [-0.1, -0.05) is 12.1 Å². The van der Waals surface area contributed by atoms with E-state index in [9.17, 15) is 4.79 Å². The molecular formula is C17H19N5O2. The first-order valence-corrected chi connectivity index (χ1v) is 8.11. The summed E-state index contributed by atoms with van der Waals surface area (Å²) in [7, 11) is 0. The summed E-state index contributed by atoms with van der Waals surface area (Å²) in [5.74, 6) is 0. The molecule has 3 aromatic rings. The normalized spacial score (nSPS) is 20.7. The number of rotatable bonds is 5. The van der Waals surface area contributed by atoms with Crippen molar-refractivity contribution in [3.63, 3.8) is 0 Å². The third-order valence-corrected chi connectivity index (χ3v) is 4.41. The first kappa shape index (κ1) is 15.0. The molecule has 1 saturated heterocycles. The van der Waals surface area contributed by atoms with Gasteiger partial charge in [0, 0.05) is 31.9 Å². The second-order valence-corrected chi connectivity index (χ2v) is 5.91. The Balaban J connectivity index is 1.42. The Labute approximate surface area is 138 Å². The lowest BCUT2D eigenvalue weighted by atomic mass is 10.1. The van der Waals surface area contributed by atoms with Crippen molar-refractivity contribution in [3.05, 3.63) is 58.9 Å². The van der Waals surface area contributed by atoms with Gasteiger partial charge >= 0.3 is 0 Å². The Bertz CT molecular complexity index is 874. The zero-order valence-electron chi connectivity index (χ0n) is 13.2. The highest BCUT2D eigenvalue weighted by Gasteiger charge is 2.30. The number of H-pyrrole nitrogens is 1. The molecule has 7 heteroatoms. The second kappa shape index (κ2) is 6.54. The molecule has 24 heavy (non-hydrogen) atoms. The number of hydrogen-bond acceptors (Lipinski definition) is 5. The zero-order valence-corrected chi connectivity index (χ0v) is 13.2. The van der Waals surface area contributed by atoms with E-state index in [-0.39, 0.29) is 17.7 Å². The SMILES string of the molecule is O=c1c2ccccc2ncn1CCN[C@H]1CCO[C@@H]1c1ccn[nH]1. The first-order valence-electron chi connectivity index (χ1n) is 8.11. The number of nitrogens with zero attached hydrogens (tertiary/aromatic N) is 3. The quantitative estimate of drug-likeness (QED) is 0.737. The molecule has 0 unspecified atom stereocenters. The van der Waals surface area contributed by atoms with Gasteiger partial charge in [-0.3, -0.25) is 14.5 Å². The third-order valence-electron chi connectivity index (χ3n) is 4.41. The van der Waals surface area contributed by atoms with Gasteiger partial charge in [-0.05, 0) is 24.6 Å². The van der Waals surface area contributed by atoms with Crippen LogP contribution < -0.4 is 10.9 Å². The lowest BCUT2D eigenvalue weighted by Crippen LogP contribution is -2.36. The molecule has 0 aliphatic carbocycles. The summed E-state index contributed by atoms with van der Waals surface area (Å²) in [4.78, 5) is 16.8. The smallest absolute Gasteiger partial charge is 0.261 e. The maximum atomic E-state index is 12.5. The summed E-state index contributed by atoms with van der Waals surface area (Å²) in [5, 5.41) is 11.1. The number of ether oxygens (including phenoxy) is 1. The van der Waals surface area contributed by atoms with E-state index in [1.807, 2.05) is 30.3 Å². The molecule has 7 nitrogen and oxygen atoms in total. The first-order chi connectivity index (χ1) is 11.8. The Morgan fingerprint density at radius 2 is 2.25 bits per heavy atom. The van der Waals surface area contributed by atoms with Crippen molar-refractivity contribution in [2.24, 2.45) is 0 Å². The summed E-state index contributed by atoms with van der Waals surface area (Å²) in [6.45, 7) is 1.97. The van der Waals surface area contributed by atoms with Gasteiger partial charge in [0.05, 0.1) is 22.9 Å². The predicted molar refractivity (Wildman–Crippen MR) is 89.7 cm³/mol. The molecule has 2 N–H and O–H groups in total. The van der Waals surface area contributed by atoms with E-state index < -0.39 is 0 Å². The molecular weight excluding hydrogens is 306 g/mol. The van der Waals surface area contributed by atoms with Crippen LogP contribution in [0.15, 0.2) is 47.7 Å². The van der Waals surface area contributed by atoms with Crippen LogP contribution in [0.1, 0.15) is 18.2 Å². The van der Waals surface area contributed by atoms with Crippen molar-refractivity contribution in [2.45, 2.75) is 25.1 Å². The standard InChI is InChI=1S/C17H19N5O2/c23-17-12-3-1-2-4-13(12)19-11-22(17)9-8-18-14-6-10-24-16(14)15-5-7-20-21-15/h1-5,7,11,14,16,18H,6,8-10H2,(H,20,21)/t14-,16-/m0/s1. The molecule has 4 rings (SSSR count). The Hall–Kier alpha value is -2.51. The topological polar surface area (TPSA) is 84.8 Å². The lowest BCUT2D eigenvalue weighted by molar-refractivity contribution is 0.0952. The van der Waals surface area contributed by atoms with Gasteiger partial charge in [-0.25, -0.2) is 4.98 Å². The highest BCUT2D eigenvalue weighted by atomic mass is 16.5. The van der Waals surface area contributed by atoms with Crippen LogP contribution in [0.2, 0.25) is 0 Å². The molecule has 0 radical (unpaired) electrons. The van der Waals surface area contributed by atoms with Gasteiger partial charge in [-0.2, -0.15) is 5.10 Å². The summed E-state index contributed by atoms with van der Waals surface area (Å²) >= 11 is 0. The van der Waals surface area contributed by atoms with Crippen LogP contribution >= 0.6 is 0 Å². The van der Waals surface area contributed by atoms with Crippen LogP contribution in [0.3, 0.4) is 0 Å². The molecule has 0 saturated carbocycles. The highest BCUT2D eigenvalue weighted by molar-refractivity contribution is 5.76. The molecule has 124 valence electrons. The van der Waals surface area contributed by atoms with Crippen molar-refractivity contribution in [3.8, 4) is 0 Å². The fourth-order valence-electron chi connectivity index (χ4n) is 3.17. The predicted octanol–water partition coefficient (Wildman–Crippen LogP) is 1.24. The third kappa shape index (κ3) is 2.83. The van der Waals surface area contributed by atoms with Crippen molar-refractivity contribution in [1.82, 2.24) is 25.1 Å². The van der Waals surface area contributed by atoms with Gasteiger partial charge in [-0.15, -0.1) is 0 Å². The molecule has 2 aromatic heterocycles. The van der Waals surface area contributed by atoms with Gasteiger partial charge in [0.1, 0.15) is 6.10 Å². The van der Waals surface area contributed by atoms with Gasteiger partial charge in [0.25, 0.3) is 5.56 Å². The zero-order chi connectivity index (χ0) is 16.4. The summed E-state index contributed by atoms with van der Waals surface area (Å²) in [6, 6.07) is 9.56. The van der Waals surface area contributed by atoms with E-state index in [0.717, 1.165) is 24.2 Å². The molecule has 2 atom stereocenters. The van der Waals surface area contributed by atoms with Gasteiger partial charge < -0.3 is 10.1 Å². The minimum Gasteiger partial charge on any atom is -0.370 e. The van der Waals surface area contributed by atoms with Crippen molar-refractivity contribution in [2.75, 3.05) is 13.2 Å². The van der Waals surface area contributed by atoms with Crippen LogP contribution in [0, 0.1) is 0 Å². The Morgan fingerprint density at radius 1 is 1.33 bits per heavy atom. The largest absolute Gasteiger partial charge is 0.370 e. The second-order valence-electron chi connectivity index (χ2n) is 5.91. The number of para-hydroxylation sites is 1. The summed E-state index contributed by atoms with van der Waals surface area (Å²) in [6.07, 6.45) is 4.27. The molecule has 3 heterocycles. The minimum atomic E-state index is -0.0149. The van der Waals surface area contributed by atoms with E-state index in [1.54, 1.807) is 17.1 Å². The van der Waals surface area contributed by atoms with Gasteiger partial charge in [0.15, 0.2) is 0 Å². The molecule has 0 bridgehead atoms. The number of fused-ring (bicyclic) bond motifs is 1. The monoisotopic (exact) mass is 325 g/mol. The fourth-order valence-corrected chi connectivity index (χ4v) is 3.17. The van der Waals surface area contributed by atoms with Crippen LogP contribution in [-0.2, 0) is 11.3 Å². The molecule has 1 aliphatic rings. The van der Waals surface area contributed by atoms with Gasteiger partial charge in [0.2, 0.25) is 0 Å². The summed E-state index contributed by atoms with van der Waals surface area (Å²) in [5.41, 5.74) is 1.71. The highest BCUT2D eigenvalue weighted by Crippen LogP contribution is 2.27. The molecule has 0 amide bonds. The number of hydrogen-bond donors (Lipinski definition) is 2. The van der Waals surface area contributed by atoms with E-state index in [2.05, 4.69) is 20.5 Å². The van der Waals surface area contributed by atoms with Crippen LogP contribution in [0.5, 0.6) is 0 Å². The summed E-state index contributed by atoms with van der Waals surface area (Å²) < 4.78 is 7.43. The fraction of sp³-hybridized carbons (Fsp3) is 0.353. The van der Waals surface area contributed by atoms with Crippen LogP contribution in [0.4, 0.5) is 0 Å². The Morgan fingerprint density at radius 3 is 3.12 bits per heavy atom. The van der Waals surface area contributed by atoms with Crippen molar-refractivity contribution < 1.29 is 4.74 Å². The average molecular weight is 325 g/mol. The molecule has 1 aromatic carbocycles. The maximum Gasteiger partial charge on any atom is 0.261 e. The molecule has 1 aliphatic heterocycles. The average Bonchev–Trinajstić information content (AvgIpc) is 3.28. The van der Waals surface area contributed by atoms with E-state index in [0.29, 0.717) is 18.5 Å². The van der Waals surface area contributed by atoms with E-state index in [4.69, 9.17) is 4.74 Å².